The van der Waals surface area contributed by atoms with Crippen LogP contribution in [-0.2, 0) is 6.54 Å². The second-order valence-electron chi connectivity index (χ2n) is 6.89. The SMILES string of the molecule is CC(C)CCN(c1c(Cl)cccc1CNC(C)C)C1CC1. The van der Waals surface area contributed by atoms with Gasteiger partial charge in [0.05, 0.1) is 10.7 Å². The summed E-state index contributed by atoms with van der Waals surface area (Å²) >= 11 is 6.56. The molecular weight excluding hydrogens is 280 g/mol. The summed E-state index contributed by atoms with van der Waals surface area (Å²) in [7, 11) is 0. The van der Waals surface area contributed by atoms with Crippen LogP contribution >= 0.6 is 11.6 Å². The molecule has 1 aromatic carbocycles. The van der Waals surface area contributed by atoms with Gasteiger partial charge in [-0.3, -0.25) is 0 Å². The van der Waals surface area contributed by atoms with Crippen LogP contribution < -0.4 is 10.2 Å². The zero-order chi connectivity index (χ0) is 15.4. The van der Waals surface area contributed by atoms with Crippen molar-refractivity contribution in [3.05, 3.63) is 28.8 Å². The first kappa shape index (κ1) is 16.6. The fourth-order valence-electron chi connectivity index (χ4n) is 2.60. The Kier molecular flexibility index (Phi) is 5.95. The van der Waals surface area contributed by atoms with Crippen LogP contribution in [-0.4, -0.2) is 18.6 Å². The Balaban J connectivity index is 2.21. The van der Waals surface area contributed by atoms with Gasteiger partial charge in [0.2, 0.25) is 0 Å². The molecule has 0 unspecified atom stereocenters. The third-order valence-electron chi connectivity index (χ3n) is 3.99. The van der Waals surface area contributed by atoms with Crippen molar-refractivity contribution in [3.63, 3.8) is 0 Å². The van der Waals surface area contributed by atoms with E-state index >= 15 is 0 Å². The van der Waals surface area contributed by atoms with Crippen molar-refractivity contribution in [2.24, 2.45) is 5.92 Å². The molecule has 0 aromatic heterocycles. The maximum absolute atomic E-state index is 6.56. The topological polar surface area (TPSA) is 15.3 Å². The lowest BCUT2D eigenvalue weighted by Gasteiger charge is -2.29. The Bertz CT molecular complexity index is 453. The highest BCUT2D eigenvalue weighted by molar-refractivity contribution is 6.33. The van der Waals surface area contributed by atoms with Crippen molar-refractivity contribution in [3.8, 4) is 0 Å². The summed E-state index contributed by atoms with van der Waals surface area (Å²) in [5.74, 6) is 0.728. The Hall–Kier alpha value is -0.730. The van der Waals surface area contributed by atoms with E-state index in [1.807, 2.05) is 6.07 Å². The summed E-state index contributed by atoms with van der Waals surface area (Å²) in [4.78, 5) is 2.56. The molecule has 2 rings (SSSR count). The second kappa shape index (κ2) is 7.51. The normalized spacial score (nSPS) is 15.0. The molecule has 0 amide bonds. The van der Waals surface area contributed by atoms with Crippen LogP contribution in [0.1, 0.15) is 52.5 Å². The van der Waals surface area contributed by atoms with Gasteiger partial charge in [-0.05, 0) is 36.8 Å². The van der Waals surface area contributed by atoms with E-state index in [4.69, 9.17) is 11.6 Å². The van der Waals surface area contributed by atoms with Gasteiger partial charge in [-0.1, -0.05) is 51.4 Å². The van der Waals surface area contributed by atoms with E-state index in [1.165, 1.54) is 30.5 Å². The molecule has 0 bridgehead atoms. The lowest BCUT2D eigenvalue weighted by atomic mass is 10.1. The van der Waals surface area contributed by atoms with Crippen molar-refractivity contribution in [2.45, 2.75) is 65.6 Å². The molecule has 1 saturated carbocycles. The van der Waals surface area contributed by atoms with E-state index in [1.54, 1.807) is 0 Å². The first-order chi connectivity index (χ1) is 9.99. The van der Waals surface area contributed by atoms with E-state index in [0.29, 0.717) is 12.1 Å². The van der Waals surface area contributed by atoms with Crippen LogP contribution in [0, 0.1) is 5.92 Å². The molecule has 118 valence electrons. The number of rotatable bonds is 8. The summed E-state index contributed by atoms with van der Waals surface area (Å²) in [6.45, 7) is 10.9. The van der Waals surface area contributed by atoms with Gasteiger partial charge in [-0.15, -0.1) is 0 Å². The molecule has 0 saturated heterocycles. The summed E-state index contributed by atoms with van der Waals surface area (Å²) in [6.07, 6.45) is 3.83. The smallest absolute Gasteiger partial charge is 0.0643 e. The van der Waals surface area contributed by atoms with Crippen molar-refractivity contribution in [1.29, 1.82) is 0 Å². The third-order valence-corrected chi connectivity index (χ3v) is 4.30. The quantitative estimate of drug-likeness (QED) is 0.738. The molecule has 1 aliphatic rings. The zero-order valence-corrected chi connectivity index (χ0v) is 14.6. The number of hydrogen-bond donors (Lipinski definition) is 1. The van der Waals surface area contributed by atoms with Crippen LogP contribution in [0.3, 0.4) is 0 Å². The van der Waals surface area contributed by atoms with Gasteiger partial charge in [0.1, 0.15) is 0 Å². The first-order valence-corrected chi connectivity index (χ1v) is 8.64. The minimum atomic E-state index is 0.488. The lowest BCUT2D eigenvalue weighted by Crippen LogP contribution is -2.30. The van der Waals surface area contributed by atoms with Gasteiger partial charge < -0.3 is 10.2 Å². The maximum Gasteiger partial charge on any atom is 0.0643 e. The predicted octanol–water partition coefficient (Wildman–Crippen LogP) is 4.85. The fraction of sp³-hybridized carbons (Fsp3) is 0.667. The Labute approximate surface area is 134 Å². The predicted molar refractivity (Wildman–Crippen MR) is 93.3 cm³/mol. The first-order valence-electron chi connectivity index (χ1n) is 8.26. The minimum absolute atomic E-state index is 0.488. The second-order valence-corrected chi connectivity index (χ2v) is 7.30. The Morgan fingerprint density at radius 1 is 1.24 bits per heavy atom. The van der Waals surface area contributed by atoms with Crippen molar-refractivity contribution in [1.82, 2.24) is 5.32 Å². The standard InChI is InChI=1S/C18H29ClN2/c1-13(2)10-11-21(16-8-9-16)18-15(12-20-14(3)4)6-5-7-17(18)19/h5-7,13-14,16,20H,8-12H2,1-4H3. The monoisotopic (exact) mass is 308 g/mol. The maximum atomic E-state index is 6.56. The largest absolute Gasteiger partial charge is 0.367 e. The van der Waals surface area contributed by atoms with E-state index < -0.39 is 0 Å². The average molecular weight is 309 g/mol. The van der Waals surface area contributed by atoms with Gasteiger partial charge in [0.25, 0.3) is 0 Å². The zero-order valence-electron chi connectivity index (χ0n) is 13.8. The molecule has 0 aliphatic heterocycles. The molecule has 1 N–H and O–H groups in total. The summed E-state index contributed by atoms with van der Waals surface area (Å²) < 4.78 is 0. The van der Waals surface area contributed by atoms with E-state index in [-0.39, 0.29) is 0 Å². The molecule has 2 nitrogen and oxygen atoms in total. The number of halogens is 1. The van der Waals surface area contributed by atoms with Crippen molar-refractivity contribution in [2.75, 3.05) is 11.4 Å². The highest BCUT2D eigenvalue weighted by Gasteiger charge is 2.31. The Morgan fingerprint density at radius 3 is 2.52 bits per heavy atom. The number of anilines is 1. The molecule has 0 radical (unpaired) electrons. The number of para-hydroxylation sites is 1. The number of nitrogens with zero attached hydrogens (tertiary/aromatic N) is 1. The van der Waals surface area contributed by atoms with Crippen LogP contribution in [0.4, 0.5) is 5.69 Å². The summed E-state index contributed by atoms with van der Waals surface area (Å²) in [5.41, 5.74) is 2.59. The molecule has 1 aliphatic carbocycles. The van der Waals surface area contributed by atoms with Crippen molar-refractivity contribution < 1.29 is 0 Å². The van der Waals surface area contributed by atoms with Gasteiger partial charge >= 0.3 is 0 Å². The van der Waals surface area contributed by atoms with Crippen molar-refractivity contribution >= 4 is 17.3 Å². The van der Waals surface area contributed by atoms with E-state index in [0.717, 1.165) is 24.0 Å². The van der Waals surface area contributed by atoms with Gasteiger partial charge in [0, 0.05) is 25.2 Å². The van der Waals surface area contributed by atoms with Crippen LogP contribution in [0.25, 0.3) is 0 Å². The molecule has 1 fully saturated rings. The average Bonchev–Trinajstić information content (AvgIpc) is 3.23. The molecule has 0 spiro atoms. The van der Waals surface area contributed by atoms with Gasteiger partial charge in [0.15, 0.2) is 0 Å². The van der Waals surface area contributed by atoms with Crippen LogP contribution in [0.2, 0.25) is 5.02 Å². The highest BCUT2D eigenvalue weighted by Crippen LogP contribution is 2.38. The molecule has 3 heteroatoms. The Morgan fingerprint density at radius 2 is 1.95 bits per heavy atom. The number of hydrogen-bond acceptors (Lipinski definition) is 2. The van der Waals surface area contributed by atoms with E-state index in [2.05, 4.69) is 50.0 Å². The molecule has 1 aromatic rings. The number of nitrogens with one attached hydrogen (secondary N) is 1. The minimum Gasteiger partial charge on any atom is -0.367 e. The molecular formula is C18H29ClN2. The molecule has 0 heterocycles. The van der Waals surface area contributed by atoms with Crippen LogP contribution in [0.5, 0.6) is 0 Å². The van der Waals surface area contributed by atoms with Crippen LogP contribution in [0.15, 0.2) is 18.2 Å². The highest BCUT2D eigenvalue weighted by atomic mass is 35.5. The van der Waals surface area contributed by atoms with Gasteiger partial charge in [-0.25, -0.2) is 0 Å². The van der Waals surface area contributed by atoms with Gasteiger partial charge in [-0.2, -0.15) is 0 Å². The molecule has 0 atom stereocenters. The number of benzene rings is 1. The molecule has 21 heavy (non-hydrogen) atoms. The fourth-order valence-corrected chi connectivity index (χ4v) is 2.90. The third kappa shape index (κ3) is 4.89. The van der Waals surface area contributed by atoms with E-state index in [9.17, 15) is 0 Å². The summed E-state index contributed by atoms with van der Waals surface area (Å²) in [6, 6.07) is 7.49. The summed E-state index contributed by atoms with van der Waals surface area (Å²) in [5, 5.41) is 4.42. The lowest BCUT2D eigenvalue weighted by molar-refractivity contribution is 0.565.